The molecule has 2 saturated carbocycles. The summed E-state index contributed by atoms with van der Waals surface area (Å²) in [6, 6.07) is 1.68. The van der Waals surface area contributed by atoms with Crippen molar-refractivity contribution in [3.63, 3.8) is 0 Å². The van der Waals surface area contributed by atoms with E-state index in [1.54, 1.807) is 0 Å². The molecule has 0 aromatic rings. The van der Waals surface area contributed by atoms with Gasteiger partial charge >= 0.3 is 0 Å². The van der Waals surface area contributed by atoms with E-state index in [-0.39, 0.29) is 0 Å². The van der Waals surface area contributed by atoms with Gasteiger partial charge in [-0.1, -0.05) is 51.9 Å². The van der Waals surface area contributed by atoms with E-state index in [9.17, 15) is 0 Å². The predicted octanol–water partition coefficient (Wildman–Crippen LogP) is 4.66. The van der Waals surface area contributed by atoms with E-state index in [4.69, 9.17) is 0 Å². The molecule has 2 aliphatic rings. The van der Waals surface area contributed by atoms with Gasteiger partial charge in [-0.05, 0) is 38.0 Å². The fraction of sp³-hybridized carbons (Fsp3) is 1.00. The Labute approximate surface area is 108 Å². The molecule has 0 spiro atoms. The number of hydrogen-bond donors (Lipinski definition) is 1. The summed E-state index contributed by atoms with van der Waals surface area (Å²) in [6.45, 7) is 2.43. The summed E-state index contributed by atoms with van der Waals surface area (Å²) in [5, 5.41) is 3.99. The second kappa shape index (κ2) is 7.41. The molecule has 0 heterocycles. The van der Waals surface area contributed by atoms with Crippen molar-refractivity contribution >= 4 is 0 Å². The Balaban J connectivity index is 1.73. The lowest BCUT2D eigenvalue weighted by molar-refractivity contribution is 0.332. The molecule has 2 atom stereocenters. The molecular formula is C16H31N. The second-order valence-electron chi connectivity index (χ2n) is 6.52. The zero-order chi connectivity index (χ0) is 11.9. The first-order chi connectivity index (χ1) is 8.34. The lowest BCUT2D eigenvalue weighted by Gasteiger charge is -2.26. The van der Waals surface area contributed by atoms with Gasteiger partial charge in [0, 0.05) is 12.1 Å². The highest BCUT2D eigenvalue weighted by molar-refractivity contribution is 4.78. The molecule has 1 heteroatoms. The Bertz CT molecular complexity index is 191. The topological polar surface area (TPSA) is 12.0 Å². The fourth-order valence-electron chi connectivity index (χ4n) is 3.61. The molecule has 0 saturated heterocycles. The Morgan fingerprint density at radius 3 is 1.94 bits per heavy atom. The molecule has 0 bridgehead atoms. The lowest BCUT2D eigenvalue weighted by atomic mass is 9.95. The molecule has 0 amide bonds. The molecule has 2 unspecified atom stereocenters. The van der Waals surface area contributed by atoms with Crippen molar-refractivity contribution in [1.29, 1.82) is 0 Å². The van der Waals surface area contributed by atoms with Crippen molar-refractivity contribution in [1.82, 2.24) is 5.32 Å². The smallest absolute Gasteiger partial charge is 0.00697 e. The number of hydrogen-bond acceptors (Lipinski definition) is 1. The van der Waals surface area contributed by atoms with Gasteiger partial charge in [0.1, 0.15) is 0 Å². The van der Waals surface area contributed by atoms with Crippen molar-refractivity contribution in [3.8, 4) is 0 Å². The van der Waals surface area contributed by atoms with Gasteiger partial charge in [-0.25, -0.2) is 0 Å². The van der Waals surface area contributed by atoms with Crippen LogP contribution in [-0.2, 0) is 0 Å². The zero-order valence-electron chi connectivity index (χ0n) is 11.7. The highest BCUT2D eigenvalue weighted by Crippen LogP contribution is 2.24. The summed E-state index contributed by atoms with van der Waals surface area (Å²) < 4.78 is 0. The van der Waals surface area contributed by atoms with Gasteiger partial charge in [-0.3, -0.25) is 0 Å². The highest BCUT2D eigenvalue weighted by atomic mass is 14.9. The summed E-state index contributed by atoms with van der Waals surface area (Å²) in [5.41, 5.74) is 0. The normalized spacial score (nSPS) is 33.7. The first-order valence-corrected chi connectivity index (χ1v) is 8.10. The van der Waals surface area contributed by atoms with Crippen molar-refractivity contribution < 1.29 is 0 Å². The number of nitrogens with one attached hydrogen (secondary N) is 1. The first-order valence-electron chi connectivity index (χ1n) is 8.10. The van der Waals surface area contributed by atoms with E-state index in [0.29, 0.717) is 0 Å². The minimum Gasteiger partial charge on any atom is -0.311 e. The van der Waals surface area contributed by atoms with Crippen LogP contribution in [0.3, 0.4) is 0 Å². The summed E-state index contributed by atoms with van der Waals surface area (Å²) in [6.07, 6.45) is 17.4. The fourth-order valence-corrected chi connectivity index (χ4v) is 3.61. The van der Waals surface area contributed by atoms with Crippen LogP contribution >= 0.6 is 0 Å². The maximum atomic E-state index is 3.99. The van der Waals surface area contributed by atoms with E-state index in [0.717, 1.165) is 18.0 Å². The van der Waals surface area contributed by atoms with Crippen LogP contribution in [0.15, 0.2) is 0 Å². The number of rotatable bonds is 2. The molecule has 0 aliphatic heterocycles. The van der Waals surface area contributed by atoms with Gasteiger partial charge in [0.05, 0.1) is 0 Å². The van der Waals surface area contributed by atoms with Crippen LogP contribution in [0.1, 0.15) is 84.0 Å². The molecule has 1 nitrogen and oxygen atoms in total. The quantitative estimate of drug-likeness (QED) is 0.689. The maximum absolute atomic E-state index is 3.99. The van der Waals surface area contributed by atoms with Crippen molar-refractivity contribution in [2.45, 2.75) is 96.1 Å². The van der Waals surface area contributed by atoms with Crippen molar-refractivity contribution in [2.24, 2.45) is 5.92 Å². The lowest BCUT2D eigenvalue weighted by Crippen LogP contribution is -2.38. The van der Waals surface area contributed by atoms with E-state index in [1.165, 1.54) is 77.0 Å². The highest BCUT2D eigenvalue weighted by Gasteiger charge is 2.19. The maximum Gasteiger partial charge on any atom is 0.00697 e. The molecular weight excluding hydrogens is 206 g/mol. The largest absolute Gasteiger partial charge is 0.311 e. The van der Waals surface area contributed by atoms with E-state index in [2.05, 4.69) is 12.2 Å². The van der Waals surface area contributed by atoms with Crippen LogP contribution in [0, 0.1) is 5.92 Å². The average Bonchev–Trinajstić information content (AvgIpc) is 2.47. The zero-order valence-corrected chi connectivity index (χ0v) is 11.7. The Morgan fingerprint density at radius 2 is 1.18 bits per heavy atom. The summed E-state index contributed by atoms with van der Waals surface area (Å²) in [7, 11) is 0. The molecule has 1 N–H and O–H groups in total. The average molecular weight is 237 g/mol. The molecule has 17 heavy (non-hydrogen) atoms. The Kier molecular flexibility index (Phi) is 5.84. The summed E-state index contributed by atoms with van der Waals surface area (Å²) in [4.78, 5) is 0. The van der Waals surface area contributed by atoms with Gasteiger partial charge in [-0.15, -0.1) is 0 Å². The van der Waals surface area contributed by atoms with Gasteiger partial charge in [0.15, 0.2) is 0 Å². The molecule has 2 rings (SSSR count). The molecule has 0 aromatic carbocycles. The van der Waals surface area contributed by atoms with Gasteiger partial charge in [0.25, 0.3) is 0 Å². The van der Waals surface area contributed by atoms with E-state index >= 15 is 0 Å². The van der Waals surface area contributed by atoms with E-state index in [1.807, 2.05) is 0 Å². The third-order valence-corrected chi connectivity index (χ3v) is 4.83. The first kappa shape index (κ1) is 13.4. The summed E-state index contributed by atoms with van der Waals surface area (Å²) >= 11 is 0. The van der Waals surface area contributed by atoms with Crippen LogP contribution in [0.4, 0.5) is 0 Å². The monoisotopic (exact) mass is 237 g/mol. The SMILES string of the molecule is CC1CCCC(NC2CCCCCCC2)CC1. The minimum atomic E-state index is 0.837. The van der Waals surface area contributed by atoms with Crippen molar-refractivity contribution in [3.05, 3.63) is 0 Å². The van der Waals surface area contributed by atoms with Crippen LogP contribution in [-0.4, -0.2) is 12.1 Å². The van der Waals surface area contributed by atoms with Crippen molar-refractivity contribution in [2.75, 3.05) is 0 Å². The Morgan fingerprint density at radius 1 is 0.588 bits per heavy atom. The predicted molar refractivity (Wildman–Crippen MR) is 75.3 cm³/mol. The van der Waals surface area contributed by atoms with Gasteiger partial charge in [0.2, 0.25) is 0 Å². The second-order valence-corrected chi connectivity index (χ2v) is 6.52. The van der Waals surface area contributed by atoms with Gasteiger partial charge in [-0.2, -0.15) is 0 Å². The molecule has 0 aromatic heterocycles. The minimum absolute atomic E-state index is 0.837. The molecule has 100 valence electrons. The van der Waals surface area contributed by atoms with Crippen LogP contribution in [0.2, 0.25) is 0 Å². The van der Waals surface area contributed by atoms with Crippen LogP contribution in [0.25, 0.3) is 0 Å². The third-order valence-electron chi connectivity index (χ3n) is 4.83. The molecule has 2 aliphatic carbocycles. The van der Waals surface area contributed by atoms with Gasteiger partial charge < -0.3 is 5.32 Å². The summed E-state index contributed by atoms with van der Waals surface area (Å²) in [5.74, 6) is 0.971. The molecule has 0 radical (unpaired) electrons. The Hall–Kier alpha value is -0.0400. The van der Waals surface area contributed by atoms with Crippen LogP contribution < -0.4 is 5.32 Å². The third kappa shape index (κ3) is 4.99. The van der Waals surface area contributed by atoms with Crippen LogP contribution in [0.5, 0.6) is 0 Å². The van der Waals surface area contributed by atoms with E-state index < -0.39 is 0 Å². The standard InChI is InChI=1S/C16H31N/c1-14-8-7-11-16(13-12-14)17-15-9-5-3-2-4-6-10-15/h14-17H,2-13H2,1H3. The molecule has 2 fully saturated rings.